The molecular weight excluding hydrogens is 226 g/mol. The Morgan fingerprint density at radius 3 is 2.33 bits per heavy atom. The molecule has 0 saturated heterocycles. The average molecular weight is 245 g/mol. The summed E-state index contributed by atoms with van der Waals surface area (Å²) in [4.78, 5) is 0. The zero-order valence-corrected chi connectivity index (χ0v) is 11.5. The van der Waals surface area contributed by atoms with Crippen molar-refractivity contribution in [3.8, 4) is 16.9 Å². The highest BCUT2D eigenvalue weighted by molar-refractivity contribution is 5.80. The van der Waals surface area contributed by atoms with Gasteiger partial charge in [0, 0.05) is 18.3 Å². The molecule has 0 spiro atoms. The number of ether oxygens (including phenoxy) is 1. The summed E-state index contributed by atoms with van der Waals surface area (Å²) in [6.07, 6.45) is 0. The van der Waals surface area contributed by atoms with Crippen molar-refractivity contribution in [1.29, 1.82) is 0 Å². The number of aromatic nitrogens is 2. The molecule has 0 saturated carbocycles. The first-order valence-electron chi connectivity index (χ1n) is 5.91. The predicted octanol–water partition coefficient (Wildman–Crippen LogP) is 2.60. The molecule has 0 amide bonds. The number of anilines is 1. The van der Waals surface area contributed by atoms with Gasteiger partial charge in [0.05, 0.1) is 7.11 Å². The van der Waals surface area contributed by atoms with Crippen molar-refractivity contribution in [2.24, 2.45) is 7.05 Å². The van der Waals surface area contributed by atoms with Crippen molar-refractivity contribution in [2.75, 3.05) is 12.8 Å². The Balaban J connectivity index is 2.69. The Kier molecular flexibility index (Phi) is 3.03. The number of nitrogens with zero attached hydrogens (tertiary/aromatic N) is 2. The van der Waals surface area contributed by atoms with Crippen LogP contribution in [-0.2, 0) is 7.05 Å². The Labute approximate surface area is 107 Å². The van der Waals surface area contributed by atoms with E-state index in [0.29, 0.717) is 5.82 Å². The summed E-state index contributed by atoms with van der Waals surface area (Å²) >= 11 is 0. The van der Waals surface area contributed by atoms with E-state index in [2.05, 4.69) is 18.9 Å². The van der Waals surface area contributed by atoms with Crippen LogP contribution in [0, 0.1) is 20.8 Å². The highest BCUT2D eigenvalue weighted by atomic mass is 16.5. The standard InChI is InChI=1S/C14H19N3O/c1-8-9(2)12(18-5)7-6-11(8)13-10(3)17(4)16-14(13)15/h6-7H,1-5H3,(H2,15,16). The molecule has 0 bridgehead atoms. The molecule has 0 unspecified atom stereocenters. The molecule has 0 aliphatic rings. The highest BCUT2D eigenvalue weighted by Crippen LogP contribution is 2.35. The van der Waals surface area contributed by atoms with Gasteiger partial charge < -0.3 is 10.5 Å². The van der Waals surface area contributed by atoms with E-state index in [4.69, 9.17) is 10.5 Å². The normalized spacial score (nSPS) is 10.7. The Hall–Kier alpha value is -1.97. The molecule has 0 radical (unpaired) electrons. The van der Waals surface area contributed by atoms with E-state index in [1.165, 1.54) is 5.56 Å². The van der Waals surface area contributed by atoms with Crippen LogP contribution in [0.5, 0.6) is 5.75 Å². The molecule has 2 aromatic rings. The number of rotatable bonds is 2. The third-order valence-electron chi connectivity index (χ3n) is 3.59. The second kappa shape index (κ2) is 4.37. The molecule has 96 valence electrons. The number of nitrogens with two attached hydrogens (primary N) is 1. The number of hydrogen-bond donors (Lipinski definition) is 1. The van der Waals surface area contributed by atoms with Crippen LogP contribution in [0.25, 0.3) is 11.1 Å². The fourth-order valence-electron chi connectivity index (χ4n) is 2.25. The van der Waals surface area contributed by atoms with E-state index in [0.717, 1.165) is 28.1 Å². The number of nitrogen functional groups attached to an aromatic ring is 1. The fraction of sp³-hybridized carbons (Fsp3) is 0.357. The molecular formula is C14H19N3O. The first-order valence-corrected chi connectivity index (χ1v) is 5.91. The quantitative estimate of drug-likeness (QED) is 0.884. The van der Waals surface area contributed by atoms with Gasteiger partial charge in [0.25, 0.3) is 0 Å². The van der Waals surface area contributed by atoms with Gasteiger partial charge in [0.15, 0.2) is 5.82 Å². The Morgan fingerprint density at radius 2 is 1.83 bits per heavy atom. The fourth-order valence-corrected chi connectivity index (χ4v) is 2.25. The predicted molar refractivity (Wildman–Crippen MR) is 73.8 cm³/mol. The summed E-state index contributed by atoms with van der Waals surface area (Å²) in [6.45, 7) is 6.16. The average Bonchev–Trinajstić information content (AvgIpc) is 2.58. The van der Waals surface area contributed by atoms with Crippen LogP contribution in [0.1, 0.15) is 16.8 Å². The third kappa shape index (κ3) is 1.74. The van der Waals surface area contributed by atoms with Crippen molar-refractivity contribution in [3.63, 3.8) is 0 Å². The molecule has 2 rings (SSSR count). The first-order chi connectivity index (χ1) is 8.47. The van der Waals surface area contributed by atoms with Gasteiger partial charge in [-0.1, -0.05) is 6.07 Å². The summed E-state index contributed by atoms with van der Waals surface area (Å²) in [5, 5.41) is 4.26. The molecule has 0 atom stereocenters. The summed E-state index contributed by atoms with van der Waals surface area (Å²) in [7, 11) is 3.59. The molecule has 0 fully saturated rings. The lowest BCUT2D eigenvalue weighted by molar-refractivity contribution is 0.411. The van der Waals surface area contributed by atoms with E-state index in [9.17, 15) is 0 Å². The minimum atomic E-state index is 0.572. The van der Waals surface area contributed by atoms with Gasteiger partial charge in [0.1, 0.15) is 5.75 Å². The minimum absolute atomic E-state index is 0.572. The van der Waals surface area contributed by atoms with E-state index in [-0.39, 0.29) is 0 Å². The third-order valence-corrected chi connectivity index (χ3v) is 3.59. The summed E-state index contributed by atoms with van der Waals surface area (Å²) in [6, 6.07) is 4.02. The molecule has 4 heteroatoms. The molecule has 0 aliphatic heterocycles. The molecule has 4 nitrogen and oxygen atoms in total. The number of hydrogen-bond acceptors (Lipinski definition) is 3. The smallest absolute Gasteiger partial charge is 0.153 e. The second-order valence-corrected chi connectivity index (χ2v) is 4.53. The van der Waals surface area contributed by atoms with Crippen molar-refractivity contribution in [2.45, 2.75) is 20.8 Å². The number of aryl methyl sites for hydroxylation is 1. The van der Waals surface area contributed by atoms with E-state index in [1.54, 1.807) is 7.11 Å². The van der Waals surface area contributed by atoms with E-state index >= 15 is 0 Å². The zero-order valence-electron chi connectivity index (χ0n) is 11.5. The first kappa shape index (κ1) is 12.5. The maximum absolute atomic E-state index is 6.00. The van der Waals surface area contributed by atoms with Crippen LogP contribution in [0.4, 0.5) is 5.82 Å². The second-order valence-electron chi connectivity index (χ2n) is 4.53. The van der Waals surface area contributed by atoms with Crippen LogP contribution in [-0.4, -0.2) is 16.9 Å². The topological polar surface area (TPSA) is 53.1 Å². The van der Waals surface area contributed by atoms with Gasteiger partial charge in [-0.2, -0.15) is 5.10 Å². The molecule has 1 heterocycles. The van der Waals surface area contributed by atoms with Gasteiger partial charge in [-0.3, -0.25) is 4.68 Å². The maximum atomic E-state index is 6.00. The Morgan fingerprint density at radius 1 is 1.17 bits per heavy atom. The van der Waals surface area contributed by atoms with Crippen LogP contribution < -0.4 is 10.5 Å². The molecule has 1 aromatic heterocycles. The van der Waals surface area contributed by atoms with E-state index in [1.807, 2.05) is 30.8 Å². The van der Waals surface area contributed by atoms with Crippen LogP contribution in [0.3, 0.4) is 0 Å². The zero-order chi connectivity index (χ0) is 13.4. The van der Waals surface area contributed by atoms with Gasteiger partial charge in [-0.05, 0) is 43.5 Å². The number of benzene rings is 1. The van der Waals surface area contributed by atoms with Crippen molar-refractivity contribution < 1.29 is 4.74 Å². The van der Waals surface area contributed by atoms with Crippen molar-refractivity contribution in [1.82, 2.24) is 9.78 Å². The molecule has 2 N–H and O–H groups in total. The van der Waals surface area contributed by atoms with Gasteiger partial charge in [-0.15, -0.1) is 0 Å². The lowest BCUT2D eigenvalue weighted by atomic mass is 9.96. The van der Waals surface area contributed by atoms with Gasteiger partial charge in [-0.25, -0.2) is 0 Å². The van der Waals surface area contributed by atoms with Crippen molar-refractivity contribution >= 4 is 5.82 Å². The van der Waals surface area contributed by atoms with Crippen LogP contribution >= 0.6 is 0 Å². The minimum Gasteiger partial charge on any atom is -0.496 e. The summed E-state index contributed by atoms with van der Waals surface area (Å²) in [5.41, 5.74) is 11.5. The largest absolute Gasteiger partial charge is 0.496 e. The van der Waals surface area contributed by atoms with E-state index < -0.39 is 0 Å². The van der Waals surface area contributed by atoms with Gasteiger partial charge >= 0.3 is 0 Å². The molecule has 0 aliphatic carbocycles. The Bertz CT molecular complexity index is 600. The summed E-state index contributed by atoms with van der Waals surface area (Å²) < 4.78 is 7.14. The van der Waals surface area contributed by atoms with Crippen LogP contribution in [0.15, 0.2) is 12.1 Å². The SMILES string of the molecule is COc1ccc(-c2c(N)nn(C)c2C)c(C)c1C. The highest BCUT2D eigenvalue weighted by Gasteiger charge is 2.16. The maximum Gasteiger partial charge on any atom is 0.153 e. The lowest BCUT2D eigenvalue weighted by Crippen LogP contribution is -1.96. The lowest BCUT2D eigenvalue weighted by Gasteiger charge is -2.12. The summed E-state index contributed by atoms with van der Waals surface area (Å²) in [5.74, 6) is 1.47. The van der Waals surface area contributed by atoms with Crippen LogP contribution in [0.2, 0.25) is 0 Å². The number of methoxy groups -OCH3 is 1. The monoisotopic (exact) mass is 245 g/mol. The molecule has 18 heavy (non-hydrogen) atoms. The van der Waals surface area contributed by atoms with Gasteiger partial charge in [0.2, 0.25) is 0 Å². The molecule has 1 aromatic carbocycles. The van der Waals surface area contributed by atoms with Crippen molar-refractivity contribution in [3.05, 3.63) is 29.0 Å².